The summed E-state index contributed by atoms with van der Waals surface area (Å²) in [5.74, 6) is -1.80. The molecule has 114 valence electrons. The third-order valence-corrected chi connectivity index (χ3v) is 3.45. The van der Waals surface area contributed by atoms with Crippen LogP contribution in [0.3, 0.4) is 0 Å². The lowest BCUT2D eigenvalue weighted by molar-refractivity contribution is -0.384. The van der Waals surface area contributed by atoms with Crippen molar-refractivity contribution in [1.82, 2.24) is 0 Å². The maximum absolute atomic E-state index is 11.4. The van der Waals surface area contributed by atoms with Crippen molar-refractivity contribution >= 4 is 23.3 Å². The number of carbonyl (C=O) groups excluding carboxylic acids is 1. The first kappa shape index (κ1) is 16.4. The number of benzene rings is 1. The number of nitrogens with one attached hydrogen (secondary N) is 1. The number of non-ortho nitro benzene ring substituents is 1. The molecule has 1 unspecified atom stereocenters. The Balaban J connectivity index is 3.06. The highest BCUT2D eigenvalue weighted by Gasteiger charge is 2.31. The summed E-state index contributed by atoms with van der Waals surface area (Å²) in [6.07, 6.45) is 0.383. The van der Waals surface area contributed by atoms with Crippen LogP contribution in [0.15, 0.2) is 18.2 Å². The van der Waals surface area contributed by atoms with Gasteiger partial charge in [0.05, 0.1) is 15.9 Å². The first-order chi connectivity index (χ1) is 9.71. The molecule has 0 spiro atoms. The van der Waals surface area contributed by atoms with E-state index < -0.39 is 22.2 Å². The van der Waals surface area contributed by atoms with Crippen LogP contribution in [-0.4, -0.2) is 28.5 Å². The molecule has 1 amide bonds. The van der Waals surface area contributed by atoms with Crippen molar-refractivity contribution in [2.45, 2.75) is 20.3 Å². The Bertz CT molecular complexity index is 587. The Morgan fingerprint density at radius 2 is 2.10 bits per heavy atom. The second-order valence-electron chi connectivity index (χ2n) is 4.92. The number of nitro groups is 1. The molecule has 1 rings (SSSR count). The van der Waals surface area contributed by atoms with Crippen LogP contribution >= 0.6 is 0 Å². The quantitative estimate of drug-likeness (QED) is 0.516. The lowest BCUT2D eigenvalue weighted by Crippen LogP contribution is -2.34. The fourth-order valence-electron chi connectivity index (χ4n) is 1.65. The minimum absolute atomic E-state index is 0.0481. The zero-order valence-electron chi connectivity index (χ0n) is 11.8. The van der Waals surface area contributed by atoms with Gasteiger partial charge in [0.2, 0.25) is 0 Å². The smallest absolute Gasteiger partial charge is 0.311 e. The van der Waals surface area contributed by atoms with Gasteiger partial charge in [-0.25, -0.2) is 0 Å². The number of aliphatic carboxylic acids is 1. The molecule has 4 N–H and O–H groups in total. The number of carboxylic acid groups (broad SMARTS) is 1. The topological polar surface area (TPSA) is 136 Å². The molecule has 0 heterocycles. The van der Waals surface area contributed by atoms with Gasteiger partial charge in [-0.15, -0.1) is 0 Å². The zero-order valence-corrected chi connectivity index (χ0v) is 11.8. The van der Waals surface area contributed by atoms with Crippen molar-refractivity contribution < 1.29 is 19.6 Å². The molecule has 0 bridgehead atoms. The molecule has 8 nitrogen and oxygen atoms in total. The van der Waals surface area contributed by atoms with Gasteiger partial charge in [0, 0.05) is 24.4 Å². The standard InChI is InChI=1S/C13H17N3O5/c1-3-13(2,12(18)19)7-15-10-5-4-8(16(20)21)6-9(10)11(14)17/h4-6,15H,3,7H2,1-2H3,(H2,14,17)(H,18,19). The second kappa shape index (κ2) is 6.21. The average Bonchev–Trinajstić information content (AvgIpc) is 2.43. The van der Waals surface area contributed by atoms with Crippen LogP contribution in [0, 0.1) is 15.5 Å². The fourth-order valence-corrected chi connectivity index (χ4v) is 1.65. The number of amides is 1. The number of nitrogens with zero attached hydrogens (tertiary/aromatic N) is 1. The minimum Gasteiger partial charge on any atom is -0.481 e. The third-order valence-electron chi connectivity index (χ3n) is 3.45. The zero-order chi connectivity index (χ0) is 16.2. The Labute approximate surface area is 121 Å². The summed E-state index contributed by atoms with van der Waals surface area (Å²) in [5, 5.41) is 22.7. The van der Waals surface area contributed by atoms with Crippen LogP contribution in [0.5, 0.6) is 0 Å². The van der Waals surface area contributed by atoms with Gasteiger partial charge in [0.1, 0.15) is 0 Å². The van der Waals surface area contributed by atoms with Crippen LogP contribution in [-0.2, 0) is 4.79 Å². The number of primary amides is 1. The predicted octanol–water partition coefficient (Wildman–Crippen LogP) is 1.61. The molecule has 0 fully saturated rings. The number of anilines is 1. The van der Waals surface area contributed by atoms with Gasteiger partial charge in [0.15, 0.2) is 0 Å². The van der Waals surface area contributed by atoms with E-state index >= 15 is 0 Å². The molecule has 0 saturated carbocycles. The molecule has 1 atom stereocenters. The Kier molecular flexibility index (Phi) is 4.85. The number of carbonyl (C=O) groups is 2. The fraction of sp³-hybridized carbons (Fsp3) is 0.385. The van der Waals surface area contributed by atoms with E-state index in [9.17, 15) is 24.8 Å². The highest BCUT2D eigenvalue weighted by Crippen LogP contribution is 2.26. The Hall–Kier alpha value is -2.64. The summed E-state index contributed by atoms with van der Waals surface area (Å²) in [4.78, 5) is 32.6. The monoisotopic (exact) mass is 295 g/mol. The second-order valence-corrected chi connectivity index (χ2v) is 4.92. The van der Waals surface area contributed by atoms with Gasteiger partial charge in [-0.05, 0) is 19.4 Å². The SMILES string of the molecule is CCC(C)(CNc1ccc([N+](=O)[O-])cc1C(N)=O)C(=O)O. The van der Waals surface area contributed by atoms with E-state index in [1.54, 1.807) is 13.8 Å². The number of hydrogen-bond donors (Lipinski definition) is 3. The van der Waals surface area contributed by atoms with Gasteiger partial charge in [-0.2, -0.15) is 0 Å². The molecule has 1 aromatic rings. The van der Waals surface area contributed by atoms with Crippen LogP contribution < -0.4 is 11.1 Å². The largest absolute Gasteiger partial charge is 0.481 e. The van der Waals surface area contributed by atoms with Gasteiger partial charge < -0.3 is 16.2 Å². The van der Waals surface area contributed by atoms with E-state index in [0.29, 0.717) is 6.42 Å². The average molecular weight is 295 g/mol. The third kappa shape index (κ3) is 3.68. The highest BCUT2D eigenvalue weighted by atomic mass is 16.6. The normalized spacial score (nSPS) is 13.2. The lowest BCUT2D eigenvalue weighted by Gasteiger charge is -2.24. The molecule has 8 heteroatoms. The molecule has 0 aromatic heterocycles. The molecule has 0 radical (unpaired) electrons. The maximum Gasteiger partial charge on any atom is 0.311 e. The van der Waals surface area contributed by atoms with Crippen LogP contribution in [0.1, 0.15) is 30.6 Å². The molecule has 0 aliphatic heterocycles. The van der Waals surface area contributed by atoms with Crippen molar-refractivity contribution in [3.63, 3.8) is 0 Å². The van der Waals surface area contributed by atoms with Crippen LogP contribution in [0.25, 0.3) is 0 Å². The summed E-state index contributed by atoms with van der Waals surface area (Å²) >= 11 is 0. The number of nitrogens with two attached hydrogens (primary N) is 1. The molecule has 0 saturated heterocycles. The molecule has 0 aliphatic carbocycles. The summed E-state index contributed by atoms with van der Waals surface area (Å²) in [5.41, 5.74) is 4.15. The molecule has 0 aliphatic rings. The van der Waals surface area contributed by atoms with Gasteiger partial charge in [0.25, 0.3) is 11.6 Å². The van der Waals surface area contributed by atoms with Crippen molar-refractivity contribution in [2.24, 2.45) is 11.1 Å². The number of nitro benzene ring substituents is 1. The summed E-state index contributed by atoms with van der Waals surface area (Å²) < 4.78 is 0. The summed E-state index contributed by atoms with van der Waals surface area (Å²) in [6, 6.07) is 3.63. The van der Waals surface area contributed by atoms with Crippen LogP contribution in [0.4, 0.5) is 11.4 Å². The van der Waals surface area contributed by atoms with Crippen molar-refractivity contribution in [1.29, 1.82) is 0 Å². The summed E-state index contributed by atoms with van der Waals surface area (Å²) in [7, 11) is 0. The maximum atomic E-state index is 11.4. The van der Waals surface area contributed by atoms with E-state index in [-0.39, 0.29) is 23.5 Å². The van der Waals surface area contributed by atoms with Gasteiger partial charge in [-0.1, -0.05) is 6.92 Å². The van der Waals surface area contributed by atoms with Gasteiger partial charge >= 0.3 is 5.97 Å². The molecular weight excluding hydrogens is 278 g/mol. The van der Waals surface area contributed by atoms with E-state index in [1.807, 2.05) is 0 Å². The first-order valence-electron chi connectivity index (χ1n) is 6.27. The highest BCUT2D eigenvalue weighted by molar-refractivity contribution is 5.99. The van der Waals surface area contributed by atoms with E-state index in [0.717, 1.165) is 6.07 Å². The summed E-state index contributed by atoms with van der Waals surface area (Å²) in [6.45, 7) is 3.37. The van der Waals surface area contributed by atoms with Gasteiger partial charge in [-0.3, -0.25) is 19.7 Å². The van der Waals surface area contributed by atoms with Crippen molar-refractivity contribution in [3.8, 4) is 0 Å². The van der Waals surface area contributed by atoms with Crippen LogP contribution in [0.2, 0.25) is 0 Å². The van der Waals surface area contributed by atoms with E-state index in [1.165, 1.54) is 12.1 Å². The number of hydrogen-bond acceptors (Lipinski definition) is 5. The molecule has 1 aromatic carbocycles. The Morgan fingerprint density at radius 3 is 2.52 bits per heavy atom. The molecular formula is C13H17N3O5. The minimum atomic E-state index is -1.02. The predicted molar refractivity (Wildman–Crippen MR) is 76.1 cm³/mol. The lowest BCUT2D eigenvalue weighted by atomic mass is 9.87. The number of carboxylic acids is 1. The first-order valence-corrected chi connectivity index (χ1v) is 6.27. The van der Waals surface area contributed by atoms with E-state index in [4.69, 9.17) is 5.73 Å². The van der Waals surface area contributed by atoms with E-state index in [2.05, 4.69) is 5.32 Å². The van der Waals surface area contributed by atoms with Crippen molar-refractivity contribution in [2.75, 3.05) is 11.9 Å². The Morgan fingerprint density at radius 1 is 1.48 bits per heavy atom. The van der Waals surface area contributed by atoms with Crippen molar-refractivity contribution in [3.05, 3.63) is 33.9 Å². The molecule has 21 heavy (non-hydrogen) atoms. The number of rotatable bonds is 7.